The van der Waals surface area contributed by atoms with E-state index in [-0.39, 0.29) is 10.9 Å². The van der Waals surface area contributed by atoms with Gasteiger partial charge in [0.2, 0.25) is 0 Å². The highest BCUT2D eigenvalue weighted by Gasteiger charge is 2.11. The standard InChI is InChI=1S/C16H16Cl2N2O2S2/c1-10(11-3-5-15(6-4-11)24(2,21)22)19-16(23)20-14-8-12(17)7-13(18)9-14/h3-10H,1-2H3,(H2,19,20,23)/t10-/m0/s1. The van der Waals surface area contributed by atoms with Crippen LogP contribution in [0.1, 0.15) is 18.5 Å². The van der Waals surface area contributed by atoms with E-state index in [1.165, 1.54) is 6.26 Å². The van der Waals surface area contributed by atoms with E-state index in [0.717, 1.165) is 5.56 Å². The number of nitrogens with one attached hydrogen (secondary N) is 2. The van der Waals surface area contributed by atoms with E-state index in [4.69, 9.17) is 35.4 Å². The summed E-state index contributed by atoms with van der Waals surface area (Å²) < 4.78 is 23.0. The first-order valence-electron chi connectivity index (χ1n) is 6.99. The first-order valence-corrected chi connectivity index (χ1v) is 10.0. The van der Waals surface area contributed by atoms with Crippen molar-refractivity contribution in [2.75, 3.05) is 11.6 Å². The first kappa shape index (κ1) is 19.0. The lowest BCUT2D eigenvalue weighted by molar-refractivity contribution is 0.601. The summed E-state index contributed by atoms with van der Waals surface area (Å²) in [5.41, 5.74) is 1.60. The highest BCUT2D eigenvalue weighted by atomic mass is 35.5. The van der Waals surface area contributed by atoms with Crippen molar-refractivity contribution in [3.63, 3.8) is 0 Å². The van der Waals surface area contributed by atoms with E-state index in [1.807, 2.05) is 6.92 Å². The third-order valence-corrected chi connectivity index (χ3v) is 5.06. The van der Waals surface area contributed by atoms with Gasteiger partial charge in [0.25, 0.3) is 0 Å². The van der Waals surface area contributed by atoms with Crippen LogP contribution in [0.2, 0.25) is 10.0 Å². The van der Waals surface area contributed by atoms with Crippen LogP contribution in [0.3, 0.4) is 0 Å². The zero-order valence-electron chi connectivity index (χ0n) is 13.0. The second kappa shape index (κ2) is 7.70. The molecule has 0 aliphatic heterocycles. The first-order chi connectivity index (χ1) is 11.1. The van der Waals surface area contributed by atoms with Crippen LogP contribution in [-0.2, 0) is 9.84 Å². The Labute approximate surface area is 157 Å². The molecule has 0 aliphatic rings. The maximum Gasteiger partial charge on any atom is 0.175 e. The van der Waals surface area contributed by atoms with Crippen LogP contribution in [-0.4, -0.2) is 19.8 Å². The van der Waals surface area contributed by atoms with Crippen molar-refractivity contribution in [3.8, 4) is 0 Å². The second-order valence-electron chi connectivity index (χ2n) is 5.32. The Kier molecular flexibility index (Phi) is 6.09. The Balaban J connectivity index is 2.03. The van der Waals surface area contributed by atoms with Crippen LogP contribution >= 0.6 is 35.4 Å². The Hall–Kier alpha value is -1.34. The van der Waals surface area contributed by atoms with Crippen LogP contribution in [0.25, 0.3) is 0 Å². The van der Waals surface area contributed by atoms with Gasteiger partial charge in [-0.15, -0.1) is 0 Å². The molecule has 2 rings (SSSR count). The molecule has 0 saturated carbocycles. The molecule has 0 heterocycles. The molecule has 2 aromatic rings. The van der Waals surface area contributed by atoms with Crippen molar-refractivity contribution in [3.05, 3.63) is 58.1 Å². The van der Waals surface area contributed by atoms with Gasteiger partial charge in [-0.2, -0.15) is 0 Å². The number of rotatable bonds is 4. The molecule has 0 bridgehead atoms. The number of halogens is 2. The van der Waals surface area contributed by atoms with Gasteiger partial charge < -0.3 is 10.6 Å². The lowest BCUT2D eigenvalue weighted by Crippen LogP contribution is -2.30. The van der Waals surface area contributed by atoms with Crippen LogP contribution < -0.4 is 10.6 Å². The van der Waals surface area contributed by atoms with Gasteiger partial charge in [-0.25, -0.2) is 8.42 Å². The number of hydrogen-bond acceptors (Lipinski definition) is 3. The second-order valence-corrected chi connectivity index (χ2v) is 8.62. The predicted octanol–water partition coefficient (Wildman–Crippen LogP) is 4.44. The number of thiocarbonyl (C=S) groups is 1. The fourth-order valence-corrected chi connectivity index (χ4v) is 3.53. The van der Waals surface area contributed by atoms with Gasteiger partial charge in [0.15, 0.2) is 14.9 Å². The average molecular weight is 403 g/mol. The molecule has 2 N–H and O–H groups in total. The Morgan fingerprint density at radius 2 is 1.62 bits per heavy atom. The fraction of sp³-hybridized carbons (Fsp3) is 0.188. The molecule has 0 aliphatic carbocycles. The van der Waals surface area contributed by atoms with Crippen LogP contribution in [0.15, 0.2) is 47.4 Å². The van der Waals surface area contributed by atoms with E-state index in [9.17, 15) is 8.42 Å². The molecule has 24 heavy (non-hydrogen) atoms. The Morgan fingerprint density at radius 3 is 2.12 bits per heavy atom. The highest BCUT2D eigenvalue weighted by Crippen LogP contribution is 2.23. The quantitative estimate of drug-likeness (QED) is 0.739. The molecule has 4 nitrogen and oxygen atoms in total. The molecular formula is C16H16Cl2N2O2S2. The molecule has 0 fully saturated rings. The van der Waals surface area contributed by atoms with Crippen molar-refractivity contribution in [2.24, 2.45) is 0 Å². The molecule has 8 heteroatoms. The highest BCUT2D eigenvalue weighted by molar-refractivity contribution is 7.90. The van der Waals surface area contributed by atoms with Crippen molar-refractivity contribution < 1.29 is 8.42 Å². The maximum absolute atomic E-state index is 11.5. The normalized spacial score (nSPS) is 12.5. The van der Waals surface area contributed by atoms with Crippen molar-refractivity contribution >= 4 is 56.1 Å². The molecule has 0 aromatic heterocycles. The van der Waals surface area contributed by atoms with E-state index in [2.05, 4.69) is 10.6 Å². The average Bonchev–Trinajstić information content (AvgIpc) is 2.45. The summed E-state index contributed by atoms with van der Waals surface area (Å²) in [6, 6.07) is 11.6. The zero-order chi connectivity index (χ0) is 17.9. The summed E-state index contributed by atoms with van der Waals surface area (Å²) in [6.07, 6.45) is 1.18. The summed E-state index contributed by atoms with van der Waals surface area (Å²) in [4.78, 5) is 0.285. The lowest BCUT2D eigenvalue weighted by Gasteiger charge is -2.18. The third-order valence-electron chi connectivity index (χ3n) is 3.28. The van der Waals surface area contributed by atoms with Crippen LogP contribution in [0, 0.1) is 0 Å². The minimum atomic E-state index is -3.20. The van der Waals surface area contributed by atoms with Crippen molar-refractivity contribution in [2.45, 2.75) is 17.9 Å². The summed E-state index contributed by atoms with van der Waals surface area (Å²) in [7, 11) is -3.20. The summed E-state index contributed by atoms with van der Waals surface area (Å²) in [6.45, 7) is 1.92. The summed E-state index contributed by atoms with van der Waals surface area (Å²) >= 11 is 17.2. The van der Waals surface area contributed by atoms with E-state index >= 15 is 0 Å². The zero-order valence-corrected chi connectivity index (χ0v) is 16.2. The number of sulfone groups is 1. The van der Waals surface area contributed by atoms with Gasteiger partial charge in [-0.3, -0.25) is 0 Å². The molecule has 0 radical (unpaired) electrons. The fourth-order valence-electron chi connectivity index (χ4n) is 2.08. The van der Waals surface area contributed by atoms with Gasteiger partial charge in [-0.1, -0.05) is 35.3 Å². The molecule has 2 aromatic carbocycles. The molecule has 0 amide bonds. The molecule has 1 atom stereocenters. The summed E-state index contributed by atoms with van der Waals surface area (Å²) in [5.74, 6) is 0. The largest absolute Gasteiger partial charge is 0.356 e. The molecule has 0 saturated heterocycles. The predicted molar refractivity (Wildman–Crippen MR) is 104 cm³/mol. The lowest BCUT2D eigenvalue weighted by atomic mass is 10.1. The van der Waals surface area contributed by atoms with Crippen LogP contribution in [0.5, 0.6) is 0 Å². The molecule has 128 valence electrons. The maximum atomic E-state index is 11.5. The topological polar surface area (TPSA) is 58.2 Å². The summed E-state index contributed by atoms with van der Waals surface area (Å²) in [5, 5.41) is 7.57. The van der Waals surface area contributed by atoms with Crippen LogP contribution in [0.4, 0.5) is 5.69 Å². The number of benzene rings is 2. The van der Waals surface area contributed by atoms with Gasteiger partial charge in [-0.05, 0) is 55.0 Å². The Morgan fingerprint density at radius 1 is 1.08 bits per heavy atom. The smallest absolute Gasteiger partial charge is 0.175 e. The number of anilines is 1. The van der Waals surface area contributed by atoms with Gasteiger partial charge in [0, 0.05) is 22.0 Å². The monoisotopic (exact) mass is 402 g/mol. The molecule has 0 unspecified atom stereocenters. The minimum absolute atomic E-state index is 0.103. The Bertz CT molecular complexity index is 833. The van der Waals surface area contributed by atoms with Gasteiger partial charge in [0.1, 0.15) is 0 Å². The SMILES string of the molecule is C[C@H](NC(=S)Nc1cc(Cl)cc(Cl)c1)c1ccc(S(C)(=O)=O)cc1. The molecular weight excluding hydrogens is 387 g/mol. The minimum Gasteiger partial charge on any atom is -0.356 e. The third kappa shape index (κ3) is 5.34. The van der Waals surface area contributed by atoms with E-state index in [1.54, 1.807) is 42.5 Å². The van der Waals surface area contributed by atoms with Crippen molar-refractivity contribution in [1.29, 1.82) is 0 Å². The molecule has 0 spiro atoms. The van der Waals surface area contributed by atoms with E-state index < -0.39 is 9.84 Å². The van der Waals surface area contributed by atoms with Gasteiger partial charge >= 0.3 is 0 Å². The van der Waals surface area contributed by atoms with Gasteiger partial charge in [0.05, 0.1) is 10.9 Å². The van der Waals surface area contributed by atoms with E-state index in [0.29, 0.717) is 20.8 Å². The number of hydrogen-bond donors (Lipinski definition) is 2. The van der Waals surface area contributed by atoms with Crippen molar-refractivity contribution in [1.82, 2.24) is 5.32 Å².